The van der Waals surface area contributed by atoms with Gasteiger partial charge < -0.3 is 19.9 Å². The molecule has 164 valence electrons. The molecule has 4 rings (SSSR count). The van der Waals surface area contributed by atoms with Gasteiger partial charge in [-0.05, 0) is 42.9 Å². The SMILES string of the molecule is Cc1oncc1CNC(=O)OC1CCc2c(sc(NC(=O)/C=C/c3cccs3)c2C#N)C1. The number of hydrogen-bond donors (Lipinski definition) is 2. The van der Waals surface area contributed by atoms with E-state index in [4.69, 9.17) is 9.26 Å². The van der Waals surface area contributed by atoms with Gasteiger partial charge in [0.15, 0.2) is 0 Å². The van der Waals surface area contributed by atoms with Crippen LogP contribution in [0.2, 0.25) is 0 Å². The zero-order chi connectivity index (χ0) is 22.5. The molecule has 0 bridgehead atoms. The van der Waals surface area contributed by atoms with Crippen molar-refractivity contribution >= 4 is 45.8 Å². The Kier molecular flexibility index (Phi) is 6.68. The second-order valence-electron chi connectivity index (χ2n) is 7.19. The van der Waals surface area contributed by atoms with Crippen molar-refractivity contribution in [3.05, 3.63) is 62.0 Å². The van der Waals surface area contributed by atoms with Crippen molar-refractivity contribution in [3.8, 4) is 6.07 Å². The molecule has 8 nitrogen and oxygen atoms in total. The number of nitrogens with zero attached hydrogens (tertiary/aromatic N) is 2. The van der Waals surface area contributed by atoms with Crippen molar-refractivity contribution < 1.29 is 18.8 Å². The van der Waals surface area contributed by atoms with E-state index < -0.39 is 6.09 Å². The van der Waals surface area contributed by atoms with E-state index in [0.29, 0.717) is 35.6 Å². The number of carbonyl (C=O) groups is 2. The Morgan fingerprint density at radius 1 is 1.47 bits per heavy atom. The molecule has 2 N–H and O–H groups in total. The highest BCUT2D eigenvalue weighted by atomic mass is 32.1. The Balaban J connectivity index is 1.36. The second-order valence-corrected chi connectivity index (χ2v) is 9.27. The maximum absolute atomic E-state index is 12.3. The fourth-order valence-electron chi connectivity index (χ4n) is 3.41. The second kappa shape index (κ2) is 9.80. The summed E-state index contributed by atoms with van der Waals surface area (Å²) in [4.78, 5) is 26.4. The van der Waals surface area contributed by atoms with Gasteiger partial charge in [0.25, 0.3) is 0 Å². The molecule has 0 aliphatic heterocycles. The number of rotatable bonds is 6. The van der Waals surface area contributed by atoms with E-state index in [9.17, 15) is 14.9 Å². The Morgan fingerprint density at radius 3 is 3.06 bits per heavy atom. The van der Waals surface area contributed by atoms with Gasteiger partial charge >= 0.3 is 6.09 Å². The molecule has 0 fully saturated rings. The molecule has 10 heteroatoms. The number of aromatic nitrogens is 1. The molecule has 2 amide bonds. The third-order valence-corrected chi connectivity index (χ3v) is 7.07. The number of amides is 2. The average molecular weight is 469 g/mol. The van der Waals surface area contributed by atoms with Crippen molar-refractivity contribution in [2.45, 2.75) is 38.8 Å². The quantitative estimate of drug-likeness (QED) is 0.518. The number of fused-ring (bicyclic) bond motifs is 1. The summed E-state index contributed by atoms with van der Waals surface area (Å²) in [5.74, 6) is 0.361. The van der Waals surface area contributed by atoms with Crippen LogP contribution in [-0.2, 0) is 28.9 Å². The molecular formula is C22H20N4O4S2. The highest BCUT2D eigenvalue weighted by Gasteiger charge is 2.28. The molecule has 0 aromatic carbocycles. The van der Waals surface area contributed by atoms with E-state index in [1.54, 1.807) is 19.2 Å². The third kappa shape index (κ3) is 5.07. The number of alkyl carbamates (subject to hydrolysis) is 1. The molecule has 1 aliphatic carbocycles. The van der Waals surface area contributed by atoms with Crippen LogP contribution in [0.5, 0.6) is 0 Å². The molecule has 1 unspecified atom stereocenters. The minimum atomic E-state index is -0.511. The van der Waals surface area contributed by atoms with E-state index in [-0.39, 0.29) is 18.6 Å². The van der Waals surface area contributed by atoms with E-state index in [1.165, 1.54) is 28.7 Å². The van der Waals surface area contributed by atoms with Gasteiger partial charge in [-0.25, -0.2) is 4.79 Å². The summed E-state index contributed by atoms with van der Waals surface area (Å²) in [5.41, 5.74) is 2.21. The Bertz CT molecular complexity index is 1190. The lowest BCUT2D eigenvalue weighted by Crippen LogP contribution is -2.31. The van der Waals surface area contributed by atoms with Gasteiger partial charge in [0.1, 0.15) is 22.9 Å². The number of nitriles is 1. The van der Waals surface area contributed by atoms with Crippen molar-refractivity contribution in [1.29, 1.82) is 5.26 Å². The van der Waals surface area contributed by atoms with E-state index >= 15 is 0 Å². The minimum Gasteiger partial charge on any atom is -0.446 e. The highest BCUT2D eigenvalue weighted by molar-refractivity contribution is 7.16. The maximum atomic E-state index is 12.3. The van der Waals surface area contributed by atoms with Crippen LogP contribution in [0, 0.1) is 18.3 Å². The summed E-state index contributed by atoms with van der Waals surface area (Å²) >= 11 is 2.90. The van der Waals surface area contributed by atoms with Gasteiger partial charge in [0, 0.05) is 27.8 Å². The number of thiophene rings is 2. The number of aryl methyl sites for hydroxylation is 1. The monoisotopic (exact) mass is 468 g/mol. The summed E-state index contributed by atoms with van der Waals surface area (Å²) < 4.78 is 10.5. The molecule has 0 radical (unpaired) electrons. The zero-order valence-corrected chi connectivity index (χ0v) is 18.8. The molecule has 0 saturated heterocycles. The largest absolute Gasteiger partial charge is 0.446 e. The zero-order valence-electron chi connectivity index (χ0n) is 17.2. The smallest absolute Gasteiger partial charge is 0.407 e. The molecule has 3 heterocycles. The molecule has 0 spiro atoms. The lowest BCUT2D eigenvalue weighted by Gasteiger charge is -2.22. The topological polar surface area (TPSA) is 117 Å². The Hall–Kier alpha value is -3.42. The first-order valence-electron chi connectivity index (χ1n) is 9.95. The van der Waals surface area contributed by atoms with Crippen LogP contribution in [0.1, 0.15) is 38.6 Å². The maximum Gasteiger partial charge on any atom is 0.407 e. The number of anilines is 1. The number of carbonyl (C=O) groups excluding carboxylic acids is 2. The lowest BCUT2D eigenvalue weighted by atomic mass is 9.94. The average Bonchev–Trinajstić information content (AvgIpc) is 3.50. The highest BCUT2D eigenvalue weighted by Crippen LogP contribution is 2.38. The Morgan fingerprint density at radius 2 is 2.34 bits per heavy atom. The summed E-state index contributed by atoms with van der Waals surface area (Å²) in [6, 6.07) is 6.05. The summed E-state index contributed by atoms with van der Waals surface area (Å²) in [6.07, 6.45) is 5.69. The standard InChI is InChI=1S/C22H20N4O4S2/c1-13-14(12-25-30-13)11-24-22(28)29-15-4-6-17-18(10-23)21(32-19(17)9-15)26-20(27)7-5-16-3-2-8-31-16/h2-3,5,7-8,12,15H,4,6,9,11H2,1H3,(H,24,28)(H,26,27)/b7-5+. The van der Waals surface area contributed by atoms with Gasteiger partial charge in [0.2, 0.25) is 5.91 Å². The summed E-state index contributed by atoms with van der Waals surface area (Å²) in [5, 5.41) is 21.3. The van der Waals surface area contributed by atoms with Gasteiger partial charge in [-0.2, -0.15) is 5.26 Å². The van der Waals surface area contributed by atoms with Crippen LogP contribution in [0.4, 0.5) is 9.80 Å². The van der Waals surface area contributed by atoms with Crippen LogP contribution in [0.25, 0.3) is 6.08 Å². The molecule has 32 heavy (non-hydrogen) atoms. The van der Waals surface area contributed by atoms with Gasteiger partial charge in [-0.1, -0.05) is 11.2 Å². The fourth-order valence-corrected chi connectivity index (χ4v) is 5.29. The van der Waals surface area contributed by atoms with Crippen molar-refractivity contribution in [1.82, 2.24) is 10.5 Å². The first kappa shape index (κ1) is 21.8. The molecule has 3 aromatic heterocycles. The molecule has 1 aliphatic rings. The van der Waals surface area contributed by atoms with Crippen LogP contribution in [-0.4, -0.2) is 23.3 Å². The van der Waals surface area contributed by atoms with Crippen LogP contribution < -0.4 is 10.6 Å². The van der Waals surface area contributed by atoms with Crippen molar-refractivity contribution in [2.75, 3.05) is 5.32 Å². The van der Waals surface area contributed by atoms with Crippen molar-refractivity contribution in [3.63, 3.8) is 0 Å². The van der Waals surface area contributed by atoms with Gasteiger partial charge in [-0.15, -0.1) is 22.7 Å². The molecular weight excluding hydrogens is 448 g/mol. The summed E-state index contributed by atoms with van der Waals surface area (Å²) in [7, 11) is 0. The van der Waals surface area contributed by atoms with Crippen molar-refractivity contribution in [2.24, 2.45) is 0 Å². The van der Waals surface area contributed by atoms with E-state index in [0.717, 1.165) is 20.9 Å². The van der Waals surface area contributed by atoms with E-state index in [2.05, 4.69) is 21.9 Å². The minimum absolute atomic E-state index is 0.277. The number of ether oxygens (including phenoxy) is 1. The number of nitrogens with one attached hydrogen (secondary N) is 2. The molecule has 1 atom stereocenters. The van der Waals surface area contributed by atoms with E-state index in [1.807, 2.05) is 17.5 Å². The normalized spacial score (nSPS) is 15.2. The molecule has 3 aromatic rings. The fraction of sp³-hybridized carbons (Fsp3) is 0.273. The Labute approximate surface area is 192 Å². The summed E-state index contributed by atoms with van der Waals surface area (Å²) in [6.45, 7) is 2.05. The third-order valence-electron chi connectivity index (χ3n) is 5.06. The van der Waals surface area contributed by atoms with Crippen LogP contribution >= 0.6 is 22.7 Å². The first-order valence-corrected chi connectivity index (χ1v) is 11.6. The van der Waals surface area contributed by atoms with Gasteiger partial charge in [-0.3, -0.25) is 4.79 Å². The first-order chi connectivity index (χ1) is 15.5. The number of hydrogen-bond acceptors (Lipinski definition) is 8. The predicted molar refractivity (Wildman–Crippen MR) is 121 cm³/mol. The van der Waals surface area contributed by atoms with Gasteiger partial charge in [0.05, 0.1) is 18.3 Å². The van der Waals surface area contributed by atoms with Crippen LogP contribution in [0.3, 0.4) is 0 Å². The lowest BCUT2D eigenvalue weighted by molar-refractivity contribution is -0.111. The predicted octanol–water partition coefficient (Wildman–Crippen LogP) is 4.41. The van der Waals surface area contributed by atoms with Crippen LogP contribution in [0.15, 0.2) is 34.3 Å². The molecule has 0 saturated carbocycles.